The minimum atomic E-state index is -1.15. The number of hydrogen-bond donors (Lipinski definition) is 3. The Balaban J connectivity index is 2.48. The standard InChI is InChI=1S/C11H16N2O6/c1-11(3-6(15)8(5-14)19-11)13-4-7(18-2)9(16)12-10(13)17/h4,6,8,14-15H,3,5H2,1-2H3,(H,12,16,17)/t6-,8+,11+/m0/s1. The van der Waals surface area contributed by atoms with Gasteiger partial charge in [-0.05, 0) is 6.92 Å². The molecule has 3 atom stereocenters. The number of H-pyrrole nitrogens is 1. The zero-order valence-corrected chi connectivity index (χ0v) is 10.6. The molecule has 0 aromatic carbocycles. The smallest absolute Gasteiger partial charge is 0.330 e. The first-order chi connectivity index (χ1) is 8.91. The van der Waals surface area contributed by atoms with Crippen LogP contribution in [0.4, 0.5) is 0 Å². The molecule has 0 bridgehead atoms. The lowest BCUT2D eigenvalue weighted by Gasteiger charge is -2.26. The Morgan fingerprint density at radius 3 is 2.84 bits per heavy atom. The largest absolute Gasteiger partial charge is 0.490 e. The maximum absolute atomic E-state index is 11.8. The van der Waals surface area contributed by atoms with E-state index in [2.05, 4.69) is 4.98 Å². The molecule has 0 aliphatic carbocycles. The normalized spacial score (nSPS) is 30.5. The number of aromatic nitrogens is 2. The maximum Gasteiger partial charge on any atom is 0.330 e. The molecule has 1 fully saturated rings. The molecule has 19 heavy (non-hydrogen) atoms. The summed E-state index contributed by atoms with van der Waals surface area (Å²) < 4.78 is 11.5. The molecule has 8 nitrogen and oxygen atoms in total. The minimum Gasteiger partial charge on any atom is -0.490 e. The Kier molecular flexibility index (Phi) is 3.48. The minimum absolute atomic E-state index is 0.0358. The highest BCUT2D eigenvalue weighted by atomic mass is 16.6. The molecule has 2 heterocycles. The SMILES string of the molecule is COc1cn([C@@]2(C)C[C@H](O)[C@@H](CO)O2)c(=O)[nH]c1=O. The van der Waals surface area contributed by atoms with Gasteiger partial charge < -0.3 is 19.7 Å². The molecule has 0 saturated carbocycles. The first kappa shape index (κ1) is 13.8. The third-order valence-electron chi connectivity index (χ3n) is 3.24. The molecule has 8 heteroatoms. The van der Waals surface area contributed by atoms with Gasteiger partial charge in [0.1, 0.15) is 11.8 Å². The van der Waals surface area contributed by atoms with Crippen molar-refractivity contribution in [2.24, 2.45) is 0 Å². The summed E-state index contributed by atoms with van der Waals surface area (Å²) in [4.78, 5) is 25.3. The van der Waals surface area contributed by atoms with E-state index in [0.29, 0.717) is 0 Å². The second-order valence-corrected chi connectivity index (χ2v) is 4.61. The lowest BCUT2D eigenvalue weighted by molar-refractivity contribution is -0.108. The van der Waals surface area contributed by atoms with Crippen molar-refractivity contribution in [3.05, 3.63) is 27.0 Å². The Bertz CT molecular complexity index is 579. The number of methoxy groups -OCH3 is 1. The van der Waals surface area contributed by atoms with Crippen molar-refractivity contribution < 1.29 is 19.7 Å². The van der Waals surface area contributed by atoms with Crippen molar-refractivity contribution in [2.45, 2.75) is 31.3 Å². The van der Waals surface area contributed by atoms with Gasteiger partial charge in [-0.15, -0.1) is 0 Å². The molecule has 1 aliphatic heterocycles. The van der Waals surface area contributed by atoms with Gasteiger partial charge in [0.25, 0.3) is 5.56 Å². The average Bonchev–Trinajstić information content (AvgIpc) is 2.65. The van der Waals surface area contributed by atoms with Crippen molar-refractivity contribution in [1.82, 2.24) is 9.55 Å². The zero-order valence-electron chi connectivity index (χ0n) is 10.6. The summed E-state index contributed by atoms with van der Waals surface area (Å²) in [5.74, 6) is -0.0358. The Hall–Kier alpha value is -1.64. The summed E-state index contributed by atoms with van der Waals surface area (Å²) in [6.45, 7) is 1.23. The number of rotatable bonds is 3. The molecule has 1 aliphatic rings. The Morgan fingerprint density at radius 2 is 2.32 bits per heavy atom. The van der Waals surface area contributed by atoms with Crippen LogP contribution in [0, 0.1) is 0 Å². The van der Waals surface area contributed by atoms with E-state index in [0.717, 1.165) is 4.57 Å². The molecule has 3 N–H and O–H groups in total. The zero-order chi connectivity index (χ0) is 14.2. The molecule has 0 radical (unpaired) electrons. The van der Waals surface area contributed by atoms with Gasteiger partial charge in [0.05, 0.1) is 26.0 Å². The third-order valence-corrected chi connectivity index (χ3v) is 3.24. The summed E-state index contributed by atoms with van der Waals surface area (Å²) in [6, 6.07) is 0. The van der Waals surface area contributed by atoms with E-state index >= 15 is 0 Å². The van der Waals surface area contributed by atoms with Gasteiger partial charge in [-0.1, -0.05) is 0 Å². The highest BCUT2D eigenvalue weighted by Gasteiger charge is 2.44. The highest BCUT2D eigenvalue weighted by Crippen LogP contribution is 2.33. The fourth-order valence-corrected chi connectivity index (χ4v) is 2.24. The van der Waals surface area contributed by atoms with E-state index in [4.69, 9.17) is 14.6 Å². The fraction of sp³-hybridized carbons (Fsp3) is 0.636. The van der Waals surface area contributed by atoms with Crippen LogP contribution in [0.1, 0.15) is 13.3 Å². The molecule has 2 rings (SSSR count). The number of nitrogens with zero attached hydrogens (tertiary/aromatic N) is 1. The van der Waals surface area contributed by atoms with E-state index in [-0.39, 0.29) is 18.8 Å². The van der Waals surface area contributed by atoms with Crippen LogP contribution < -0.4 is 16.0 Å². The lowest BCUT2D eigenvalue weighted by atomic mass is 10.1. The summed E-state index contributed by atoms with van der Waals surface area (Å²) in [7, 11) is 1.31. The third kappa shape index (κ3) is 2.29. The van der Waals surface area contributed by atoms with Crippen LogP contribution in [-0.4, -0.2) is 45.7 Å². The van der Waals surface area contributed by atoms with Gasteiger partial charge in [0, 0.05) is 6.42 Å². The summed E-state index contributed by atoms with van der Waals surface area (Å²) in [6.07, 6.45) is -0.310. The van der Waals surface area contributed by atoms with Crippen LogP contribution in [-0.2, 0) is 10.5 Å². The number of aromatic amines is 1. The van der Waals surface area contributed by atoms with E-state index in [1.807, 2.05) is 0 Å². The molecule has 0 unspecified atom stereocenters. The summed E-state index contributed by atoms with van der Waals surface area (Å²) in [5.41, 5.74) is -2.45. The van der Waals surface area contributed by atoms with Crippen LogP contribution >= 0.6 is 0 Å². The van der Waals surface area contributed by atoms with Crippen LogP contribution in [0.25, 0.3) is 0 Å². The topological polar surface area (TPSA) is 114 Å². The van der Waals surface area contributed by atoms with Crippen LogP contribution in [0.2, 0.25) is 0 Å². The molecule has 1 aromatic heterocycles. The van der Waals surface area contributed by atoms with Crippen molar-refractivity contribution in [2.75, 3.05) is 13.7 Å². The molecule has 0 amide bonds. The maximum atomic E-state index is 11.8. The number of nitrogens with one attached hydrogen (secondary N) is 1. The van der Waals surface area contributed by atoms with Gasteiger partial charge in [-0.2, -0.15) is 0 Å². The molecule has 1 aromatic rings. The molecular formula is C11H16N2O6. The molecule has 1 saturated heterocycles. The first-order valence-electron chi connectivity index (χ1n) is 5.78. The van der Waals surface area contributed by atoms with E-state index in [1.54, 1.807) is 6.92 Å². The van der Waals surface area contributed by atoms with Crippen molar-refractivity contribution >= 4 is 0 Å². The lowest BCUT2D eigenvalue weighted by Crippen LogP contribution is -2.42. The highest BCUT2D eigenvalue weighted by molar-refractivity contribution is 5.13. The first-order valence-corrected chi connectivity index (χ1v) is 5.78. The molecule has 0 spiro atoms. The van der Waals surface area contributed by atoms with Gasteiger partial charge in [0.15, 0.2) is 0 Å². The van der Waals surface area contributed by atoms with Gasteiger partial charge in [-0.3, -0.25) is 14.3 Å². The average molecular weight is 272 g/mol. The van der Waals surface area contributed by atoms with Crippen LogP contribution in [0.5, 0.6) is 5.75 Å². The monoisotopic (exact) mass is 272 g/mol. The predicted molar refractivity (Wildman–Crippen MR) is 64.1 cm³/mol. The van der Waals surface area contributed by atoms with Crippen LogP contribution in [0.3, 0.4) is 0 Å². The van der Waals surface area contributed by atoms with Crippen molar-refractivity contribution in [3.63, 3.8) is 0 Å². The number of aliphatic hydroxyl groups excluding tert-OH is 2. The fourth-order valence-electron chi connectivity index (χ4n) is 2.24. The Labute approximate surface area is 108 Å². The predicted octanol–water partition coefficient (Wildman–Crippen LogP) is -1.64. The second kappa shape index (κ2) is 4.80. The van der Waals surface area contributed by atoms with Gasteiger partial charge in [-0.25, -0.2) is 4.79 Å². The summed E-state index contributed by atoms with van der Waals surface area (Å²) >= 11 is 0. The number of aliphatic hydroxyl groups is 2. The van der Waals surface area contributed by atoms with Gasteiger partial charge in [0.2, 0.25) is 5.75 Å². The van der Waals surface area contributed by atoms with Crippen LogP contribution in [0.15, 0.2) is 15.8 Å². The molecule has 106 valence electrons. The number of ether oxygens (including phenoxy) is 2. The molecular weight excluding hydrogens is 256 g/mol. The van der Waals surface area contributed by atoms with Crippen molar-refractivity contribution in [1.29, 1.82) is 0 Å². The quantitative estimate of drug-likeness (QED) is 0.608. The van der Waals surface area contributed by atoms with E-state index in [1.165, 1.54) is 13.3 Å². The summed E-state index contributed by atoms with van der Waals surface area (Å²) in [5, 5.41) is 18.8. The van der Waals surface area contributed by atoms with Gasteiger partial charge >= 0.3 is 5.69 Å². The Morgan fingerprint density at radius 1 is 1.63 bits per heavy atom. The van der Waals surface area contributed by atoms with Crippen molar-refractivity contribution in [3.8, 4) is 5.75 Å². The second-order valence-electron chi connectivity index (χ2n) is 4.61. The van der Waals surface area contributed by atoms with E-state index < -0.39 is 29.2 Å². The van der Waals surface area contributed by atoms with E-state index in [9.17, 15) is 14.7 Å². The number of hydrogen-bond acceptors (Lipinski definition) is 6.